The summed E-state index contributed by atoms with van der Waals surface area (Å²) in [5, 5.41) is 12.6. The lowest BCUT2D eigenvalue weighted by Crippen LogP contribution is -2.27. The Morgan fingerprint density at radius 2 is 2.12 bits per heavy atom. The predicted octanol–water partition coefficient (Wildman–Crippen LogP) is 4.44. The van der Waals surface area contributed by atoms with Crippen molar-refractivity contribution >= 4 is 34.7 Å². The van der Waals surface area contributed by atoms with E-state index in [-0.39, 0.29) is 22.6 Å². The zero-order valence-corrected chi connectivity index (χ0v) is 14.8. The first-order valence-corrected chi connectivity index (χ1v) is 8.42. The number of nitriles is 1. The smallest absolute Gasteiger partial charge is 0.294 e. The molecule has 1 heterocycles. The molecular formula is C17H16Cl2N4O. The fraction of sp³-hybridized carbons (Fsp3) is 0.353. The van der Waals surface area contributed by atoms with Gasteiger partial charge in [0.1, 0.15) is 5.15 Å². The second-order valence-corrected chi connectivity index (χ2v) is 6.88. The van der Waals surface area contributed by atoms with Crippen molar-refractivity contribution in [3.8, 4) is 6.07 Å². The van der Waals surface area contributed by atoms with Crippen LogP contribution in [0.2, 0.25) is 10.2 Å². The van der Waals surface area contributed by atoms with Crippen molar-refractivity contribution in [1.82, 2.24) is 9.55 Å². The molecule has 2 aromatic rings. The van der Waals surface area contributed by atoms with E-state index in [4.69, 9.17) is 28.5 Å². The molecule has 1 aromatic carbocycles. The van der Waals surface area contributed by atoms with Crippen LogP contribution in [0.1, 0.15) is 36.9 Å². The first-order valence-electron chi connectivity index (χ1n) is 7.66. The van der Waals surface area contributed by atoms with E-state index in [1.54, 1.807) is 22.9 Å². The van der Waals surface area contributed by atoms with Crippen LogP contribution in [0, 0.1) is 24.2 Å². The minimum Gasteiger partial charge on any atom is -0.334 e. The summed E-state index contributed by atoms with van der Waals surface area (Å²) in [5.74, 6) is 0.638. The van der Waals surface area contributed by atoms with Crippen molar-refractivity contribution in [1.29, 1.82) is 5.26 Å². The molecule has 0 radical (unpaired) electrons. The first-order chi connectivity index (χ1) is 11.4. The number of halogens is 2. The number of aromatic nitrogens is 2. The SMILES string of the molecule is Cc1cc(C#N)cc(Cl)c1Nc1nc(Cl)cn([C@H](C)C2CC2)c1=O. The topological polar surface area (TPSA) is 70.7 Å². The second-order valence-electron chi connectivity index (χ2n) is 6.09. The highest BCUT2D eigenvalue weighted by Crippen LogP contribution is 2.39. The summed E-state index contributed by atoms with van der Waals surface area (Å²) < 4.78 is 1.63. The van der Waals surface area contributed by atoms with Crippen molar-refractivity contribution in [2.24, 2.45) is 5.92 Å². The third-order valence-electron chi connectivity index (χ3n) is 4.30. The monoisotopic (exact) mass is 362 g/mol. The Bertz CT molecular complexity index is 873. The summed E-state index contributed by atoms with van der Waals surface area (Å²) in [5.41, 5.74) is 1.52. The van der Waals surface area contributed by atoms with Crippen LogP contribution in [0.5, 0.6) is 0 Å². The Labute approximate surface area is 149 Å². The Morgan fingerprint density at radius 3 is 2.71 bits per heavy atom. The molecule has 1 aliphatic rings. The molecule has 1 atom stereocenters. The van der Waals surface area contributed by atoms with Crippen LogP contribution in [0.25, 0.3) is 0 Å². The van der Waals surface area contributed by atoms with Crippen LogP contribution in [-0.4, -0.2) is 9.55 Å². The maximum atomic E-state index is 12.7. The highest BCUT2D eigenvalue weighted by Gasteiger charge is 2.30. The van der Waals surface area contributed by atoms with Gasteiger partial charge in [0, 0.05) is 12.2 Å². The average molecular weight is 363 g/mol. The van der Waals surface area contributed by atoms with Crippen molar-refractivity contribution in [3.05, 3.63) is 50.0 Å². The van der Waals surface area contributed by atoms with Gasteiger partial charge in [-0.1, -0.05) is 23.2 Å². The first kappa shape index (κ1) is 16.8. The largest absolute Gasteiger partial charge is 0.334 e. The second kappa shape index (κ2) is 6.46. The standard InChI is InChI=1S/C17H16Cl2N4O/c1-9-5-11(7-20)6-13(18)15(9)22-16-17(24)23(8-14(19)21-16)10(2)12-3-4-12/h5-6,8,10,12H,3-4H2,1-2H3,(H,21,22)/t10-/m1/s1. The van der Waals surface area contributed by atoms with Gasteiger partial charge in [-0.25, -0.2) is 4.98 Å². The molecule has 0 aliphatic heterocycles. The van der Waals surface area contributed by atoms with Crippen molar-refractivity contribution in [2.45, 2.75) is 32.7 Å². The number of nitrogens with zero attached hydrogens (tertiary/aromatic N) is 3. The summed E-state index contributed by atoms with van der Waals surface area (Å²) in [6.07, 6.45) is 3.82. The van der Waals surface area contributed by atoms with Gasteiger partial charge in [-0.3, -0.25) is 4.79 Å². The van der Waals surface area contributed by atoms with E-state index >= 15 is 0 Å². The number of benzene rings is 1. The van der Waals surface area contributed by atoms with Crippen molar-refractivity contribution in [3.63, 3.8) is 0 Å². The van der Waals surface area contributed by atoms with Gasteiger partial charge in [0.05, 0.1) is 22.3 Å². The molecule has 1 N–H and O–H groups in total. The Kier molecular flexibility index (Phi) is 4.53. The highest BCUT2D eigenvalue weighted by atomic mass is 35.5. The Balaban J connectivity index is 2.02. The van der Waals surface area contributed by atoms with Crippen LogP contribution in [0.3, 0.4) is 0 Å². The fourth-order valence-corrected chi connectivity index (χ4v) is 3.26. The summed E-state index contributed by atoms with van der Waals surface area (Å²) >= 11 is 12.3. The molecule has 0 unspecified atom stereocenters. The Morgan fingerprint density at radius 1 is 1.42 bits per heavy atom. The summed E-state index contributed by atoms with van der Waals surface area (Å²) in [4.78, 5) is 16.8. The van der Waals surface area contributed by atoms with Gasteiger partial charge in [0.2, 0.25) is 0 Å². The van der Waals surface area contributed by atoms with E-state index in [9.17, 15) is 4.79 Å². The van der Waals surface area contributed by atoms with E-state index in [0.717, 1.165) is 18.4 Å². The molecule has 24 heavy (non-hydrogen) atoms. The van der Waals surface area contributed by atoms with Gasteiger partial charge in [-0.05, 0) is 50.3 Å². The summed E-state index contributed by atoms with van der Waals surface area (Å²) in [6, 6.07) is 5.38. The van der Waals surface area contributed by atoms with Gasteiger partial charge in [-0.2, -0.15) is 5.26 Å². The number of hydrogen-bond donors (Lipinski definition) is 1. The molecule has 0 spiro atoms. The third kappa shape index (κ3) is 3.26. The van der Waals surface area contributed by atoms with Crippen molar-refractivity contribution in [2.75, 3.05) is 5.32 Å². The van der Waals surface area contributed by atoms with Crippen LogP contribution in [0.4, 0.5) is 11.5 Å². The van der Waals surface area contributed by atoms with Gasteiger partial charge < -0.3 is 9.88 Å². The lowest BCUT2D eigenvalue weighted by molar-refractivity contribution is 0.470. The van der Waals surface area contributed by atoms with E-state index < -0.39 is 0 Å². The quantitative estimate of drug-likeness (QED) is 0.872. The summed E-state index contributed by atoms with van der Waals surface area (Å²) in [7, 11) is 0. The van der Waals surface area contributed by atoms with Crippen molar-refractivity contribution < 1.29 is 0 Å². The molecule has 1 aromatic heterocycles. The number of nitrogens with one attached hydrogen (secondary N) is 1. The molecule has 5 nitrogen and oxygen atoms in total. The molecule has 0 bridgehead atoms. The van der Waals surface area contributed by atoms with E-state index in [1.807, 2.05) is 19.9 Å². The Hall–Kier alpha value is -2.03. The van der Waals surface area contributed by atoms with Gasteiger partial charge in [-0.15, -0.1) is 0 Å². The zero-order valence-electron chi connectivity index (χ0n) is 13.3. The van der Waals surface area contributed by atoms with E-state index in [0.29, 0.717) is 22.2 Å². The molecule has 1 fully saturated rings. The lowest BCUT2D eigenvalue weighted by atomic mass is 10.1. The number of aryl methyl sites for hydroxylation is 1. The molecule has 3 rings (SSSR count). The average Bonchev–Trinajstić information content (AvgIpc) is 3.37. The molecule has 0 amide bonds. The van der Waals surface area contributed by atoms with Gasteiger partial charge in [0.15, 0.2) is 5.82 Å². The number of hydrogen-bond acceptors (Lipinski definition) is 4. The normalized spacial score (nSPS) is 15.0. The molecule has 124 valence electrons. The van der Waals surface area contributed by atoms with Crippen LogP contribution in [0.15, 0.2) is 23.1 Å². The lowest BCUT2D eigenvalue weighted by Gasteiger charge is -2.17. The minimum atomic E-state index is -0.237. The van der Waals surface area contributed by atoms with E-state index in [1.165, 1.54) is 0 Å². The van der Waals surface area contributed by atoms with Crippen LogP contribution < -0.4 is 10.9 Å². The van der Waals surface area contributed by atoms with Gasteiger partial charge >= 0.3 is 0 Å². The van der Waals surface area contributed by atoms with Crippen LogP contribution >= 0.6 is 23.2 Å². The third-order valence-corrected chi connectivity index (χ3v) is 4.78. The molecule has 7 heteroatoms. The molecule has 0 saturated heterocycles. The molecular weight excluding hydrogens is 347 g/mol. The summed E-state index contributed by atoms with van der Waals surface area (Å²) in [6.45, 7) is 3.82. The predicted molar refractivity (Wildman–Crippen MR) is 95.1 cm³/mol. The minimum absolute atomic E-state index is 0.0797. The van der Waals surface area contributed by atoms with Gasteiger partial charge in [0.25, 0.3) is 5.56 Å². The molecule has 1 saturated carbocycles. The number of rotatable bonds is 4. The van der Waals surface area contributed by atoms with E-state index in [2.05, 4.69) is 10.3 Å². The highest BCUT2D eigenvalue weighted by molar-refractivity contribution is 6.33. The number of anilines is 2. The zero-order chi connectivity index (χ0) is 17.4. The maximum absolute atomic E-state index is 12.7. The maximum Gasteiger partial charge on any atom is 0.294 e. The van der Waals surface area contributed by atoms with Crippen LogP contribution in [-0.2, 0) is 0 Å². The fourth-order valence-electron chi connectivity index (χ4n) is 2.75. The molecule has 1 aliphatic carbocycles.